The zero-order valence-corrected chi connectivity index (χ0v) is 13.3. The lowest BCUT2D eigenvalue weighted by atomic mass is 9.82. The van der Waals surface area contributed by atoms with Crippen LogP contribution in [0.15, 0.2) is 23.1 Å². The van der Waals surface area contributed by atoms with Crippen molar-refractivity contribution in [2.75, 3.05) is 6.61 Å². The average molecular weight is 323 g/mol. The van der Waals surface area contributed by atoms with Crippen LogP contribution in [0.25, 0.3) is 0 Å². The Morgan fingerprint density at radius 1 is 1.09 bits per heavy atom. The fourth-order valence-electron chi connectivity index (χ4n) is 3.90. The Hall–Kier alpha value is -0.950. The Balaban J connectivity index is 1.56. The predicted octanol–water partition coefficient (Wildman–Crippen LogP) is 1.95. The van der Waals surface area contributed by atoms with E-state index in [-0.39, 0.29) is 12.1 Å². The molecule has 2 fully saturated rings. The number of hydrogen-bond donors (Lipinski definition) is 1. The molecule has 5 nitrogen and oxygen atoms in total. The van der Waals surface area contributed by atoms with Crippen molar-refractivity contribution in [2.24, 2.45) is 5.92 Å². The standard InChI is InChI=1S/C16H21NO4S/c18-22(19,13-5-4-11-9-20-10-12(11)8-13)17-15-2-1-3-16-14(15)6-7-21-16/h4-5,8,14-17H,1-3,6-7,9-10H2. The molecule has 1 N–H and O–H groups in total. The molecule has 1 aromatic carbocycles. The molecule has 1 saturated heterocycles. The Morgan fingerprint density at radius 2 is 1.95 bits per heavy atom. The lowest BCUT2D eigenvalue weighted by Crippen LogP contribution is -2.45. The third-order valence-corrected chi connectivity index (χ3v) is 6.58. The molecule has 0 aromatic heterocycles. The van der Waals surface area contributed by atoms with Crippen molar-refractivity contribution < 1.29 is 17.9 Å². The van der Waals surface area contributed by atoms with Gasteiger partial charge in [0.05, 0.1) is 24.2 Å². The summed E-state index contributed by atoms with van der Waals surface area (Å²) in [5.41, 5.74) is 2.06. The summed E-state index contributed by atoms with van der Waals surface area (Å²) in [4.78, 5) is 0.345. The molecule has 0 amide bonds. The average Bonchev–Trinajstić information content (AvgIpc) is 3.15. The fourth-order valence-corrected chi connectivity index (χ4v) is 5.28. The van der Waals surface area contributed by atoms with Crippen molar-refractivity contribution >= 4 is 10.0 Å². The molecule has 4 rings (SSSR count). The maximum Gasteiger partial charge on any atom is 0.240 e. The first-order valence-electron chi connectivity index (χ1n) is 7.97. The zero-order valence-electron chi connectivity index (χ0n) is 12.5. The lowest BCUT2D eigenvalue weighted by molar-refractivity contribution is 0.0569. The highest BCUT2D eigenvalue weighted by Gasteiger charge is 2.39. The van der Waals surface area contributed by atoms with Crippen molar-refractivity contribution in [3.05, 3.63) is 29.3 Å². The number of sulfonamides is 1. The van der Waals surface area contributed by atoms with Gasteiger partial charge in [-0.2, -0.15) is 0 Å². The topological polar surface area (TPSA) is 64.6 Å². The van der Waals surface area contributed by atoms with Crippen LogP contribution in [0, 0.1) is 5.92 Å². The summed E-state index contributed by atoms with van der Waals surface area (Å²) in [6.07, 6.45) is 4.16. The van der Waals surface area contributed by atoms with Crippen LogP contribution >= 0.6 is 0 Å². The molecule has 120 valence electrons. The molecule has 1 saturated carbocycles. The minimum absolute atomic E-state index is 0.00393. The molecule has 1 aliphatic carbocycles. The highest BCUT2D eigenvalue weighted by atomic mass is 32.2. The highest BCUT2D eigenvalue weighted by molar-refractivity contribution is 7.89. The highest BCUT2D eigenvalue weighted by Crippen LogP contribution is 2.35. The van der Waals surface area contributed by atoms with Gasteiger partial charge in [-0.15, -0.1) is 0 Å². The van der Waals surface area contributed by atoms with Gasteiger partial charge >= 0.3 is 0 Å². The second kappa shape index (κ2) is 5.60. The van der Waals surface area contributed by atoms with Crippen molar-refractivity contribution in [3.63, 3.8) is 0 Å². The van der Waals surface area contributed by atoms with E-state index in [9.17, 15) is 8.42 Å². The van der Waals surface area contributed by atoms with Gasteiger partial charge in [-0.25, -0.2) is 13.1 Å². The Kier molecular flexibility index (Phi) is 3.72. The lowest BCUT2D eigenvalue weighted by Gasteiger charge is -2.32. The van der Waals surface area contributed by atoms with Gasteiger partial charge in [0.25, 0.3) is 0 Å². The molecule has 6 heteroatoms. The summed E-state index contributed by atoms with van der Waals surface area (Å²) >= 11 is 0. The van der Waals surface area contributed by atoms with Gasteiger partial charge in [0, 0.05) is 18.6 Å². The van der Waals surface area contributed by atoms with E-state index in [0.29, 0.717) is 24.0 Å². The summed E-state index contributed by atoms with van der Waals surface area (Å²) in [6.45, 7) is 1.83. The predicted molar refractivity (Wildman–Crippen MR) is 80.7 cm³/mol. The van der Waals surface area contributed by atoms with Crippen molar-refractivity contribution in [2.45, 2.75) is 55.9 Å². The van der Waals surface area contributed by atoms with E-state index in [2.05, 4.69) is 4.72 Å². The van der Waals surface area contributed by atoms with Gasteiger partial charge < -0.3 is 9.47 Å². The molecular formula is C16H21NO4S. The third-order valence-electron chi connectivity index (χ3n) is 5.09. The molecule has 1 aromatic rings. The van der Waals surface area contributed by atoms with E-state index in [1.165, 1.54) is 0 Å². The van der Waals surface area contributed by atoms with E-state index in [1.807, 2.05) is 6.07 Å². The largest absolute Gasteiger partial charge is 0.378 e. The van der Waals surface area contributed by atoms with Crippen LogP contribution < -0.4 is 4.72 Å². The summed E-state index contributed by atoms with van der Waals surface area (Å²) in [5.74, 6) is 0.321. The molecular weight excluding hydrogens is 302 g/mol. The molecule has 0 spiro atoms. The van der Waals surface area contributed by atoms with Gasteiger partial charge in [-0.05, 0) is 48.9 Å². The Morgan fingerprint density at radius 3 is 2.86 bits per heavy atom. The van der Waals surface area contributed by atoms with Crippen molar-refractivity contribution in [1.29, 1.82) is 0 Å². The molecule has 0 bridgehead atoms. The summed E-state index contributed by atoms with van der Waals surface area (Å²) < 4.78 is 39.4. The minimum Gasteiger partial charge on any atom is -0.378 e. The number of hydrogen-bond acceptors (Lipinski definition) is 4. The second-order valence-corrected chi connectivity index (χ2v) is 8.16. The van der Waals surface area contributed by atoms with Crippen LogP contribution in [0.2, 0.25) is 0 Å². The Bertz CT molecular complexity index is 673. The summed E-state index contributed by atoms with van der Waals surface area (Å²) in [6, 6.07) is 5.28. The number of rotatable bonds is 3. The van der Waals surface area contributed by atoms with Gasteiger partial charge in [0.2, 0.25) is 10.0 Å². The van der Waals surface area contributed by atoms with Crippen LogP contribution in [0.5, 0.6) is 0 Å². The van der Waals surface area contributed by atoms with Crippen LogP contribution in [0.1, 0.15) is 36.8 Å². The van der Waals surface area contributed by atoms with Gasteiger partial charge in [-0.3, -0.25) is 0 Å². The van der Waals surface area contributed by atoms with Crippen molar-refractivity contribution in [3.8, 4) is 0 Å². The van der Waals surface area contributed by atoms with Crippen LogP contribution in [-0.2, 0) is 32.7 Å². The fraction of sp³-hybridized carbons (Fsp3) is 0.625. The van der Waals surface area contributed by atoms with E-state index in [4.69, 9.17) is 9.47 Å². The summed E-state index contributed by atoms with van der Waals surface area (Å²) in [7, 11) is -3.48. The van der Waals surface area contributed by atoms with Crippen molar-refractivity contribution in [1.82, 2.24) is 4.72 Å². The molecule has 3 unspecified atom stereocenters. The monoisotopic (exact) mass is 323 g/mol. The summed E-state index contributed by atoms with van der Waals surface area (Å²) in [5, 5.41) is 0. The SMILES string of the molecule is O=S(=O)(NC1CCCC2OCCC12)c1ccc2c(c1)COC2. The third kappa shape index (κ3) is 2.58. The molecule has 3 aliphatic rings. The van der Waals surface area contributed by atoms with E-state index < -0.39 is 10.0 Å². The van der Waals surface area contributed by atoms with E-state index >= 15 is 0 Å². The second-order valence-electron chi connectivity index (χ2n) is 6.44. The van der Waals surface area contributed by atoms with E-state index in [1.54, 1.807) is 12.1 Å². The maximum atomic E-state index is 12.7. The van der Waals surface area contributed by atoms with Crippen LogP contribution in [-0.4, -0.2) is 27.2 Å². The molecule has 22 heavy (non-hydrogen) atoms. The zero-order chi connectivity index (χ0) is 15.2. The first kappa shape index (κ1) is 14.6. The number of fused-ring (bicyclic) bond motifs is 2. The van der Waals surface area contributed by atoms with E-state index in [0.717, 1.165) is 43.4 Å². The normalized spacial score (nSPS) is 31.0. The maximum absolute atomic E-state index is 12.7. The number of ether oxygens (including phenoxy) is 2. The minimum atomic E-state index is -3.48. The first-order chi connectivity index (χ1) is 10.6. The molecule has 2 aliphatic heterocycles. The van der Waals surface area contributed by atoms with Crippen LogP contribution in [0.3, 0.4) is 0 Å². The van der Waals surface area contributed by atoms with Gasteiger partial charge in [-0.1, -0.05) is 6.07 Å². The number of benzene rings is 1. The molecule has 2 heterocycles. The van der Waals surface area contributed by atoms with Crippen LogP contribution in [0.4, 0.5) is 0 Å². The van der Waals surface area contributed by atoms with Gasteiger partial charge in [0.1, 0.15) is 0 Å². The molecule has 0 radical (unpaired) electrons. The molecule has 3 atom stereocenters. The first-order valence-corrected chi connectivity index (χ1v) is 9.45. The van der Waals surface area contributed by atoms with Gasteiger partial charge in [0.15, 0.2) is 0 Å². The smallest absolute Gasteiger partial charge is 0.240 e. The Labute approximate surface area is 131 Å². The number of nitrogens with one attached hydrogen (secondary N) is 1. The quantitative estimate of drug-likeness (QED) is 0.923.